The fraction of sp³-hybridized carbons (Fsp3) is 0.417. The van der Waals surface area contributed by atoms with E-state index >= 15 is 0 Å². The fourth-order valence-electron chi connectivity index (χ4n) is 5.19. The average Bonchev–Trinajstić information content (AvgIpc) is 3.06. The minimum absolute atomic E-state index is 0. The molecule has 0 amide bonds. The standard InChI is InChI=1S/C23H25FN2O.CH4/c1-23(27,15-7-9-16(24)10-8-15)14-26-19-6-4-3-5-18(19)22-20-12-11-17(25(20)2)13-21(22)26;/h3-10,17,20,27H,11-14H2,1-2H3;1H4. The van der Waals surface area contributed by atoms with Crippen LogP contribution in [-0.4, -0.2) is 27.7 Å². The molecule has 0 spiro atoms. The average molecular weight is 381 g/mol. The van der Waals surface area contributed by atoms with E-state index in [0.29, 0.717) is 18.6 Å². The molecule has 3 nitrogen and oxygen atoms in total. The van der Waals surface area contributed by atoms with Gasteiger partial charge in [-0.2, -0.15) is 0 Å². The molecule has 1 saturated heterocycles. The Bertz CT molecular complexity index is 1010. The summed E-state index contributed by atoms with van der Waals surface area (Å²) in [6.07, 6.45) is 3.46. The van der Waals surface area contributed by atoms with Gasteiger partial charge in [0.25, 0.3) is 0 Å². The number of benzene rings is 2. The molecule has 5 rings (SSSR count). The Morgan fingerprint density at radius 1 is 1.11 bits per heavy atom. The summed E-state index contributed by atoms with van der Waals surface area (Å²) in [6, 6.07) is 15.8. The molecule has 0 radical (unpaired) electrons. The van der Waals surface area contributed by atoms with E-state index < -0.39 is 5.60 Å². The topological polar surface area (TPSA) is 28.4 Å². The van der Waals surface area contributed by atoms with Crippen LogP contribution in [0.2, 0.25) is 0 Å². The first kappa shape index (κ1) is 19.2. The van der Waals surface area contributed by atoms with E-state index in [1.807, 2.05) is 6.92 Å². The van der Waals surface area contributed by atoms with E-state index in [4.69, 9.17) is 0 Å². The molecule has 3 heterocycles. The predicted molar refractivity (Wildman–Crippen MR) is 112 cm³/mol. The van der Waals surface area contributed by atoms with E-state index in [1.54, 1.807) is 12.1 Å². The van der Waals surface area contributed by atoms with Crippen LogP contribution in [0.25, 0.3) is 10.9 Å². The van der Waals surface area contributed by atoms with Crippen molar-refractivity contribution in [2.75, 3.05) is 7.05 Å². The van der Waals surface area contributed by atoms with Gasteiger partial charge >= 0.3 is 0 Å². The highest BCUT2D eigenvalue weighted by molar-refractivity contribution is 5.86. The van der Waals surface area contributed by atoms with Crippen LogP contribution in [0.1, 0.15) is 50.1 Å². The number of nitrogens with zero attached hydrogens (tertiary/aromatic N) is 2. The maximum atomic E-state index is 13.3. The lowest BCUT2D eigenvalue weighted by Crippen LogP contribution is -2.36. The number of hydrogen-bond acceptors (Lipinski definition) is 2. The second kappa shape index (κ2) is 6.71. The normalized spacial score (nSPS) is 23.3. The number of aliphatic hydroxyl groups is 1. The summed E-state index contributed by atoms with van der Waals surface area (Å²) < 4.78 is 15.6. The molecule has 0 aliphatic carbocycles. The molecule has 148 valence electrons. The molecular weight excluding hydrogens is 351 g/mol. The summed E-state index contributed by atoms with van der Waals surface area (Å²) in [5.74, 6) is -0.280. The molecule has 2 aromatic carbocycles. The molecule has 2 aliphatic rings. The second-order valence-electron chi connectivity index (χ2n) is 8.36. The maximum Gasteiger partial charge on any atom is 0.123 e. The van der Waals surface area contributed by atoms with E-state index in [0.717, 1.165) is 12.0 Å². The number of fused-ring (bicyclic) bond motifs is 6. The van der Waals surface area contributed by atoms with Gasteiger partial charge in [0.2, 0.25) is 0 Å². The van der Waals surface area contributed by atoms with Crippen molar-refractivity contribution in [2.45, 2.75) is 57.8 Å². The molecule has 1 fully saturated rings. The Morgan fingerprint density at radius 3 is 2.57 bits per heavy atom. The minimum Gasteiger partial charge on any atom is -0.384 e. The summed E-state index contributed by atoms with van der Waals surface area (Å²) in [6.45, 7) is 2.29. The molecule has 3 aromatic rings. The minimum atomic E-state index is -1.06. The lowest BCUT2D eigenvalue weighted by atomic mass is 9.95. The third kappa shape index (κ3) is 2.78. The Labute approximate surface area is 166 Å². The van der Waals surface area contributed by atoms with Crippen molar-refractivity contribution in [3.05, 3.63) is 71.2 Å². The van der Waals surface area contributed by atoms with Crippen molar-refractivity contribution >= 4 is 10.9 Å². The molecule has 0 saturated carbocycles. The number of hydrogen-bond donors (Lipinski definition) is 1. The lowest BCUT2D eigenvalue weighted by Gasteiger charge is -2.33. The number of rotatable bonds is 3. The SMILES string of the molecule is C.CN1C2CCC1c1c(n(CC(C)(O)c3ccc(F)cc3)c3ccccc13)C2. The largest absolute Gasteiger partial charge is 0.384 e. The molecule has 2 bridgehead atoms. The Morgan fingerprint density at radius 2 is 1.82 bits per heavy atom. The first-order chi connectivity index (χ1) is 13.0. The van der Waals surface area contributed by atoms with Crippen LogP contribution in [0, 0.1) is 5.82 Å². The Kier molecular flexibility index (Phi) is 4.59. The number of para-hydroxylation sites is 1. The number of likely N-dealkylation sites (N-methyl/N-ethyl adjacent to an activating group) is 1. The zero-order valence-electron chi connectivity index (χ0n) is 15.8. The highest BCUT2D eigenvalue weighted by Crippen LogP contribution is 2.47. The van der Waals surface area contributed by atoms with Gasteiger partial charge in [-0.1, -0.05) is 37.8 Å². The van der Waals surface area contributed by atoms with Crippen molar-refractivity contribution in [2.24, 2.45) is 0 Å². The summed E-state index contributed by atoms with van der Waals surface area (Å²) in [7, 11) is 2.24. The van der Waals surface area contributed by atoms with Gasteiger partial charge in [-0.25, -0.2) is 4.39 Å². The first-order valence-electron chi connectivity index (χ1n) is 9.76. The maximum absolute atomic E-state index is 13.3. The van der Waals surface area contributed by atoms with Gasteiger partial charge in [0, 0.05) is 35.1 Å². The Hall–Kier alpha value is -2.17. The highest BCUT2D eigenvalue weighted by atomic mass is 19.1. The zero-order chi connectivity index (χ0) is 18.8. The van der Waals surface area contributed by atoms with Crippen molar-refractivity contribution in [1.29, 1.82) is 0 Å². The molecule has 28 heavy (non-hydrogen) atoms. The molecule has 1 N–H and O–H groups in total. The van der Waals surface area contributed by atoms with Gasteiger partial charge in [0.05, 0.1) is 6.54 Å². The second-order valence-corrected chi connectivity index (χ2v) is 8.36. The molecule has 3 atom stereocenters. The smallest absolute Gasteiger partial charge is 0.123 e. The summed E-state index contributed by atoms with van der Waals surface area (Å²) in [4.78, 5) is 2.53. The third-order valence-electron chi connectivity index (χ3n) is 6.66. The van der Waals surface area contributed by atoms with Gasteiger partial charge in [0.1, 0.15) is 11.4 Å². The van der Waals surface area contributed by atoms with Crippen LogP contribution in [0.3, 0.4) is 0 Å². The van der Waals surface area contributed by atoms with Gasteiger partial charge in [-0.15, -0.1) is 0 Å². The fourth-order valence-corrected chi connectivity index (χ4v) is 5.19. The van der Waals surface area contributed by atoms with Gasteiger partial charge < -0.3 is 9.67 Å². The lowest BCUT2D eigenvalue weighted by molar-refractivity contribution is 0.0381. The van der Waals surface area contributed by atoms with Gasteiger partial charge in [0.15, 0.2) is 0 Å². The van der Waals surface area contributed by atoms with E-state index in [1.165, 1.54) is 47.1 Å². The molecule has 2 aliphatic heterocycles. The van der Waals surface area contributed by atoms with Crippen molar-refractivity contribution in [3.63, 3.8) is 0 Å². The quantitative estimate of drug-likeness (QED) is 0.691. The van der Waals surface area contributed by atoms with E-state index in [9.17, 15) is 9.50 Å². The monoisotopic (exact) mass is 380 g/mol. The van der Waals surface area contributed by atoms with E-state index in [2.05, 4.69) is 40.8 Å². The van der Waals surface area contributed by atoms with Crippen molar-refractivity contribution < 1.29 is 9.50 Å². The van der Waals surface area contributed by atoms with Crippen LogP contribution in [0.15, 0.2) is 48.5 Å². The van der Waals surface area contributed by atoms with Crippen LogP contribution in [-0.2, 0) is 18.6 Å². The zero-order valence-corrected chi connectivity index (χ0v) is 15.8. The molecule has 4 heteroatoms. The third-order valence-corrected chi connectivity index (χ3v) is 6.66. The van der Waals surface area contributed by atoms with Gasteiger partial charge in [-0.05, 0) is 56.1 Å². The first-order valence-corrected chi connectivity index (χ1v) is 9.76. The van der Waals surface area contributed by atoms with Crippen molar-refractivity contribution in [1.82, 2.24) is 9.47 Å². The highest BCUT2D eigenvalue weighted by Gasteiger charge is 2.41. The molecule has 1 aromatic heterocycles. The summed E-state index contributed by atoms with van der Waals surface area (Å²) in [5, 5.41) is 12.6. The van der Waals surface area contributed by atoms with E-state index in [-0.39, 0.29) is 13.2 Å². The van der Waals surface area contributed by atoms with Crippen LogP contribution in [0.4, 0.5) is 4.39 Å². The van der Waals surface area contributed by atoms with Crippen LogP contribution in [0.5, 0.6) is 0 Å². The Balaban J connectivity index is 0.00000192. The predicted octanol–water partition coefficient (Wildman–Crippen LogP) is 5.02. The number of halogens is 1. The van der Waals surface area contributed by atoms with Crippen LogP contribution < -0.4 is 0 Å². The molecular formula is C24H29FN2O. The van der Waals surface area contributed by atoms with Crippen LogP contribution >= 0.6 is 0 Å². The number of aromatic nitrogens is 1. The van der Waals surface area contributed by atoms with Gasteiger partial charge in [-0.3, -0.25) is 4.90 Å². The summed E-state index contributed by atoms with van der Waals surface area (Å²) >= 11 is 0. The van der Waals surface area contributed by atoms with Crippen molar-refractivity contribution in [3.8, 4) is 0 Å². The summed E-state index contributed by atoms with van der Waals surface area (Å²) in [5.41, 5.74) is 3.67. The molecule has 3 unspecified atom stereocenters.